The topological polar surface area (TPSA) is 14.8 Å². The van der Waals surface area contributed by atoms with Crippen LogP contribution in [-0.2, 0) is 37.9 Å². The van der Waals surface area contributed by atoms with Gasteiger partial charge >= 0.3 is 0 Å². The molecule has 9 aromatic carbocycles. The van der Waals surface area contributed by atoms with Gasteiger partial charge in [0.05, 0.1) is 33.3 Å². The van der Waals surface area contributed by atoms with Gasteiger partial charge < -0.3 is 13.7 Å². The van der Waals surface area contributed by atoms with Gasteiger partial charge in [-0.25, -0.2) is 0 Å². The van der Waals surface area contributed by atoms with Crippen molar-refractivity contribution in [3.63, 3.8) is 0 Å². The Labute approximate surface area is 517 Å². The molecule has 4 aliphatic heterocycles. The molecule has 4 aliphatic rings. The lowest BCUT2D eigenvalue weighted by molar-refractivity contribution is 0.545. The van der Waals surface area contributed by atoms with Gasteiger partial charge in [0.15, 0.2) is 8.07 Å². The van der Waals surface area contributed by atoms with Gasteiger partial charge in [-0.15, -0.1) is 0 Å². The van der Waals surface area contributed by atoms with Crippen molar-refractivity contribution in [2.24, 2.45) is 0 Å². The van der Waals surface area contributed by atoms with E-state index in [1.54, 1.807) is 15.6 Å². The summed E-state index contributed by atoms with van der Waals surface area (Å²) >= 11 is 0. The zero-order valence-electron chi connectivity index (χ0n) is 55.7. The van der Waals surface area contributed by atoms with E-state index in [-0.39, 0.29) is 44.6 Å². The molecule has 436 valence electrons. The van der Waals surface area contributed by atoms with Gasteiger partial charge in [-0.05, 0) is 162 Å². The molecular weight excluding hydrogens is 1070 g/mol. The smallest absolute Gasteiger partial charge is 0.252 e. The van der Waals surface area contributed by atoms with Crippen LogP contribution in [0.4, 0.5) is 0 Å². The molecule has 0 N–H and O–H groups in total. The highest BCUT2D eigenvalue weighted by Gasteiger charge is 2.57. The van der Waals surface area contributed by atoms with E-state index in [1.165, 1.54) is 154 Å². The number of nitrogens with zero attached hydrogens (tertiary/aromatic N) is 3. The number of fused-ring (bicyclic) bond motifs is 18. The average Bonchev–Trinajstić information content (AvgIpc) is 1.53. The first-order chi connectivity index (χ1) is 40.6. The van der Waals surface area contributed by atoms with Crippen LogP contribution in [0.15, 0.2) is 140 Å². The Kier molecular flexibility index (Phi) is 10.5. The lowest BCUT2D eigenvalue weighted by atomic mass is 9.34. The van der Waals surface area contributed by atoms with Crippen molar-refractivity contribution in [1.82, 2.24) is 13.7 Å². The number of rotatable bonds is 1. The van der Waals surface area contributed by atoms with E-state index in [1.807, 2.05) is 0 Å². The zero-order valence-corrected chi connectivity index (χ0v) is 56.7. The fourth-order valence-electron chi connectivity index (χ4n) is 16.8. The molecule has 0 radical (unpaired) electrons. The molecule has 0 atom stereocenters. The van der Waals surface area contributed by atoms with E-state index >= 15 is 0 Å². The van der Waals surface area contributed by atoms with Crippen molar-refractivity contribution >= 4 is 117 Å². The molecule has 16 rings (SSSR count). The molecule has 3 aromatic heterocycles. The number of benzene rings is 9. The second kappa shape index (κ2) is 16.7. The molecule has 5 heteroatoms. The standard InChI is InChI=1S/C82H86BN3Si/c1-76(2,3)45-30-32-50-51-33-31-46(77(4,5)6)42-66(51)87(65(50)41-45)64-35-34-62-70-75(64)86-71-54(55-37-48(79(10,11)12)43-67(87)72(55)86)36-47(78(7,8)9)40-58(71)83(70)59-44-63-68(69-53-27-23-25-29-61(53)84(62)74(59)69)52-26-22-24-28-60(52)85(63)73-56(81(16,17)18)38-49(80(13,14)15)39-57(73)82(19,20)21/h22-44H,1-21H3. The second-order valence-electron chi connectivity index (χ2n) is 34.3. The van der Waals surface area contributed by atoms with E-state index in [4.69, 9.17) is 0 Å². The SMILES string of the molecule is CC(C)(C)c1cc(C(C)(C)C)c(-n2c3ccccc3c3c4c5ccccc5n5c4c(cc32)B2c3c-5ccc4c3-n3c5c2cc(C(C)(C)C)cc5c2cc(C(C)(C)C)cc(c23)[Si]42c3cc(C(C)(C)C)ccc3-c3ccc(C(C)(C)C)cc32)c(C(C)(C)C)c1. The van der Waals surface area contributed by atoms with Crippen LogP contribution in [0.1, 0.15) is 184 Å². The summed E-state index contributed by atoms with van der Waals surface area (Å²) in [6.45, 7) is 50.8. The van der Waals surface area contributed by atoms with Crippen LogP contribution < -0.4 is 37.1 Å². The minimum absolute atomic E-state index is 0.0383. The summed E-state index contributed by atoms with van der Waals surface area (Å²) in [5.74, 6) is 0. The van der Waals surface area contributed by atoms with Crippen LogP contribution in [0.3, 0.4) is 0 Å². The third kappa shape index (κ3) is 7.07. The Hall–Kier alpha value is -7.34. The van der Waals surface area contributed by atoms with Gasteiger partial charge in [-0.1, -0.05) is 249 Å². The average molecular weight is 1150 g/mol. The number of aromatic nitrogens is 3. The fourth-order valence-corrected chi connectivity index (χ4v) is 22.4. The Morgan fingerprint density at radius 1 is 0.310 bits per heavy atom. The molecule has 3 nitrogen and oxygen atoms in total. The lowest BCUT2D eigenvalue weighted by Gasteiger charge is -2.43. The van der Waals surface area contributed by atoms with Gasteiger partial charge in [-0.3, -0.25) is 0 Å². The molecule has 0 bridgehead atoms. The van der Waals surface area contributed by atoms with Gasteiger partial charge in [0.1, 0.15) is 0 Å². The molecular formula is C82H86BN3Si. The van der Waals surface area contributed by atoms with Crippen LogP contribution in [0, 0.1) is 0 Å². The molecule has 0 saturated heterocycles. The van der Waals surface area contributed by atoms with Gasteiger partial charge in [0, 0.05) is 49.2 Å². The summed E-state index contributed by atoms with van der Waals surface area (Å²) in [5.41, 5.74) is 28.2. The maximum Gasteiger partial charge on any atom is 0.252 e. The summed E-state index contributed by atoms with van der Waals surface area (Å²) in [4.78, 5) is 0. The van der Waals surface area contributed by atoms with Crippen LogP contribution in [0.5, 0.6) is 0 Å². The molecule has 0 aliphatic carbocycles. The van der Waals surface area contributed by atoms with Crippen molar-refractivity contribution in [3.05, 3.63) is 178 Å². The summed E-state index contributed by atoms with van der Waals surface area (Å²) in [6.07, 6.45) is 0. The quantitative estimate of drug-likeness (QED) is 0.146. The fraction of sp³-hybridized carbons (Fsp3) is 0.341. The largest absolute Gasteiger partial charge is 0.310 e. The normalized spacial score (nSPS) is 15.3. The maximum atomic E-state index is 2.86. The first kappa shape index (κ1) is 55.0. The van der Waals surface area contributed by atoms with Crippen LogP contribution in [-0.4, -0.2) is 28.5 Å². The highest BCUT2D eigenvalue weighted by molar-refractivity contribution is 7.24. The molecule has 12 aromatic rings. The number of hydrogen-bond donors (Lipinski definition) is 0. The van der Waals surface area contributed by atoms with Crippen LogP contribution in [0.2, 0.25) is 0 Å². The first-order valence-electron chi connectivity index (χ1n) is 32.5. The predicted molar refractivity (Wildman–Crippen MR) is 381 cm³/mol. The zero-order chi connectivity index (χ0) is 61.5. The van der Waals surface area contributed by atoms with E-state index in [0.717, 1.165) is 0 Å². The van der Waals surface area contributed by atoms with Crippen molar-refractivity contribution in [3.8, 4) is 28.2 Å². The summed E-state index contributed by atoms with van der Waals surface area (Å²) in [5, 5.41) is 14.3. The molecule has 7 heterocycles. The van der Waals surface area contributed by atoms with Gasteiger partial charge in [-0.2, -0.15) is 0 Å². The third-order valence-corrected chi connectivity index (χ3v) is 26.2. The molecule has 1 spiro atoms. The van der Waals surface area contributed by atoms with E-state index in [2.05, 4.69) is 299 Å². The molecule has 0 unspecified atom stereocenters. The highest BCUT2D eigenvalue weighted by atomic mass is 28.3. The molecule has 87 heavy (non-hydrogen) atoms. The summed E-state index contributed by atoms with van der Waals surface area (Å²) < 4.78 is 8.36. The van der Waals surface area contributed by atoms with Crippen molar-refractivity contribution in [1.29, 1.82) is 0 Å². The van der Waals surface area contributed by atoms with Crippen molar-refractivity contribution < 1.29 is 0 Å². The Balaban J connectivity index is 1.16. The lowest BCUT2D eigenvalue weighted by Crippen LogP contribution is -2.77. The monoisotopic (exact) mass is 1150 g/mol. The van der Waals surface area contributed by atoms with Crippen LogP contribution in [0.25, 0.3) is 93.6 Å². The van der Waals surface area contributed by atoms with Gasteiger partial charge in [0.2, 0.25) is 0 Å². The summed E-state index contributed by atoms with van der Waals surface area (Å²) in [7, 11) is -3.23. The highest BCUT2D eigenvalue weighted by Crippen LogP contribution is 2.50. The Morgan fingerprint density at radius 3 is 1.30 bits per heavy atom. The minimum Gasteiger partial charge on any atom is -0.310 e. The Morgan fingerprint density at radius 2 is 0.770 bits per heavy atom. The second-order valence-corrected chi connectivity index (χ2v) is 37.9. The molecule has 0 fully saturated rings. The minimum atomic E-state index is -3.23. The molecule has 0 amide bonds. The van der Waals surface area contributed by atoms with Crippen LogP contribution >= 0.6 is 0 Å². The van der Waals surface area contributed by atoms with Crippen molar-refractivity contribution in [2.45, 2.75) is 183 Å². The predicted octanol–water partition coefficient (Wildman–Crippen LogP) is 16.9. The maximum absolute atomic E-state index is 3.23. The van der Waals surface area contributed by atoms with Gasteiger partial charge in [0.25, 0.3) is 6.71 Å². The first-order valence-corrected chi connectivity index (χ1v) is 34.5. The van der Waals surface area contributed by atoms with E-state index in [9.17, 15) is 0 Å². The number of para-hydroxylation sites is 2. The van der Waals surface area contributed by atoms with Crippen molar-refractivity contribution in [2.75, 3.05) is 0 Å². The Bertz CT molecular complexity index is 5030. The third-order valence-electron chi connectivity index (χ3n) is 21.4. The van der Waals surface area contributed by atoms with E-state index < -0.39 is 8.07 Å². The summed E-state index contributed by atoms with van der Waals surface area (Å²) in [6, 6.07) is 58.1. The molecule has 0 saturated carbocycles. The van der Waals surface area contributed by atoms with E-state index in [0.29, 0.717) is 0 Å². The number of hydrogen-bond acceptors (Lipinski definition) is 0.